The molecule has 1 amide bonds. The van der Waals surface area contributed by atoms with Gasteiger partial charge in [0, 0.05) is 25.7 Å². The van der Waals surface area contributed by atoms with Crippen LogP contribution in [-0.4, -0.2) is 34.5 Å². The lowest BCUT2D eigenvalue weighted by Gasteiger charge is -2.24. The normalized spacial score (nSPS) is 11.3. The first kappa shape index (κ1) is 20.9. The minimum absolute atomic E-state index is 0.111. The lowest BCUT2D eigenvalue weighted by Crippen LogP contribution is -2.38. The molecule has 0 saturated heterocycles. The van der Waals surface area contributed by atoms with Crippen molar-refractivity contribution in [2.24, 2.45) is 0 Å². The molecule has 0 aliphatic heterocycles. The van der Waals surface area contributed by atoms with E-state index in [-0.39, 0.29) is 23.9 Å². The van der Waals surface area contributed by atoms with Crippen molar-refractivity contribution in [3.8, 4) is 5.75 Å². The standard InChI is InChI=1S/C20H26N2O4S/c1-14-6-7-15(2)19(12-14)22(17(4)23)11-10-21-27(24,25)18-8-9-20(26-5)16(3)13-18/h6-9,12-13,21H,10-11H2,1-5H3. The summed E-state index contributed by atoms with van der Waals surface area (Å²) in [5, 5.41) is 0. The van der Waals surface area contributed by atoms with Gasteiger partial charge in [0.2, 0.25) is 15.9 Å². The number of rotatable bonds is 7. The quantitative estimate of drug-likeness (QED) is 0.789. The molecule has 0 heterocycles. The number of sulfonamides is 1. The first-order valence-electron chi connectivity index (χ1n) is 8.65. The molecule has 0 radical (unpaired) electrons. The van der Waals surface area contributed by atoms with Gasteiger partial charge >= 0.3 is 0 Å². The van der Waals surface area contributed by atoms with E-state index < -0.39 is 10.0 Å². The van der Waals surface area contributed by atoms with Crippen molar-refractivity contribution in [1.29, 1.82) is 0 Å². The largest absolute Gasteiger partial charge is 0.496 e. The molecule has 0 fully saturated rings. The van der Waals surface area contributed by atoms with Gasteiger partial charge < -0.3 is 9.64 Å². The third-order valence-electron chi connectivity index (χ3n) is 4.34. The van der Waals surface area contributed by atoms with Gasteiger partial charge in [-0.25, -0.2) is 13.1 Å². The second kappa shape index (κ2) is 8.54. The zero-order valence-electron chi connectivity index (χ0n) is 16.4. The number of carbonyl (C=O) groups is 1. The number of amides is 1. The van der Waals surface area contributed by atoms with E-state index in [4.69, 9.17) is 4.74 Å². The highest BCUT2D eigenvalue weighted by Gasteiger charge is 2.18. The fourth-order valence-electron chi connectivity index (χ4n) is 2.85. The van der Waals surface area contributed by atoms with Crippen LogP contribution in [0, 0.1) is 20.8 Å². The van der Waals surface area contributed by atoms with E-state index in [2.05, 4.69) is 4.72 Å². The van der Waals surface area contributed by atoms with E-state index in [9.17, 15) is 13.2 Å². The van der Waals surface area contributed by atoms with Gasteiger partial charge in [0.05, 0.1) is 12.0 Å². The maximum absolute atomic E-state index is 12.5. The van der Waals surface area contributed by atoms with Crippen LogP contribution in [0.3, 0.4) is 0 Å². The Morgan fingerprint density at radius 3 is 2.37 bits per heavy atom. The number of hydrogen-bond donors (Lipinski definition) is 1. The zero-order valence-corrected chi connectivity index (χ0v) is 17.2. The van der Waals surface area contributed by atoms with E-state index in [1.807, 2.05) is 32.0 Å². The van der Waals surface area contributed by atoms with Gasteiger partial charge in [-0.1, -0.05) is 12.1 Å². The van der Waals surface area contributed by atoms with Crippen LogP contribution in [-0.2, 0) is 14.8 Å². The van der Waals surface area contributed by atoms with Gasteiger partial charge in [-0.3, -0.25) is 4.79 Å². The van der Waals surface area contributed by atoms with Gasteiger partial charge in [-0.05, 0) is 61.7 Å². The van der Waals surface area contributed by atoms with Crippen LogP contribution in [0.2, 0.25) is 0 Å². The Bertz CT molecular complexity index is 939. The van der Waals surface area contributed by atoms with Crippen molar-refractivity contribution in [3.63, 3.8) is 0 Å². The molecule has 146 valence electrons. The van der Waals surface area contributed by atoms with E-state index in [1.54, 1.807) is 31.1 Å². The van der Waals surface area contributed by atoms with Gasteiger partial charge in [-0.15, -0.1) is 0 Å². The van der Waals surface area contributed by atoms with Crippen LogP contribution in [0.1, 0.15) is 23.6 Å². The van der Waals surface area contributed by atoms with Crippen molar-refractivity contribution in [2.75, 3.05) is 25.1 Å². The lowest BCUT2D eigenvalue weighted by atomic mass is 10.1. The molecule has 6 nitrogen and oxygen atoms in total. The molecule has 7 heteroatoms. The molecular formula is C20H26N2O4S. The van der Waals surface area contributed by atoms with Crippen LogP contribution >= 0.6 is 0 Å². The molecule has 2 aromatic rings. The second-order valence-corrected chi connectivity index (χ2v) is 8.26. The highest BCUT2D eigenvalue weighted by Crippen LogP contribution is 2.23. The summed E-state index contributed by atoms with van der Waals surface area (Å²) in [6.45, 7) is 7.50. The predicted octanol–water partition coefficient (Wildman–Crippen LogP) is 2.95. The maximum atomic E-state index is 12.5. The average Bonchev–Trinajstić information content (AvgIpc) is 2.60. The molecule has 0 aliphatic carbocycles. The van der Waals surface area contributed by atoms with Crippen LogP contribution in [0.15, 0.2) is 41.3 Å². The number of hydrogen-bond acceptors (Lipinski definition) is 4. The molecule has 0 bridgehead atoms. The van der Waals surface area contributed by atoms with Crippen LogP contribution in [0.5, 0.6) is 5.75 Å². The molecule has 2 rings (SSSR count). The third kappa shape index (κ3) is 5.08. The number of aryl methyl sites for hydroxylation is 3. The Morgan fingerprint density at radius 1 is 1.07 bits per heavy atom. The highest BCUT2D eigenvalue weighted by molar-refractivity contribution is 7.89. The SMILES string of the molecule is COc1ccc(S(=O)(=O)NCCN(C(C)=O)c2cc(C)ccc2C)cc1C. The van der Waals surface area contributed by atoms with E-state index >= 15 is 0 Å². The van der Waals surface area contributed by atoms with Crippen molar-refractivity contribution >= 4 is 21.6 Å². The Balaban J connectivity index is 2.13. The second-order valence-electron chi connectivity index (χ2n) is 6.49. The molecule has 2 aromatic carbocycles. The summed E-state index contributed by atoms with van der Waals surface area (Å²) in [6, 6.07) is 10.5. The molecular weight excluding hydrogens is 364 g/mol. The van der Waals surface area contributed by atoms with Crippen LogP contribution in [0.4, 0.5) is 5.69 Å². The first-order chi connectivity index (χ1) is 12.7. The molecule has 1 N–H and O–H groups in total. The summed E-state index contributed by atoms with van der Waals surface area (Å²) in [7, 11) is -2.13. The number of methoxy groups -OCH3 is 1. The number of nitrogens with one attached hydrogen (secondary N) is 1. The van der Waals surface area contributed by atoms with Crippen molar-refractivity contribution in [1.82, 2.24) is 4.72 Å². The number of carbonyl (C=O) groups excluding carboxylic acids is 1. The van der Waals surface area contributed by atoms with Crippen molar-refractivity contribution < 1.29 is 17.9 Å². The van der Waals surface area contributed by atoms with Crippen molar-refractivity contribution in [2.45, 2.75) is 32.6 Å². The highest BCUT2D eigenvalue weighted by atomic mass is 32.2. The topological polar surface area (TPSA) is 75.7 Å². The van der Waals surface area contributed by atoms with E-state index in [0.717, 1.165) is 22.4 Å². The third-order valence-corrected chi connectivity index (χ3v) is 5.80. The molecule has 0 saturated carbocycles. The minimum Gasteiger partial charge on any atom is -0.496 e. The molecule has 0 atom stereocenters. The monoisotopic (exact) mass is 390 g/mol. The predicted molar refractivity (Wildman–Crippen MR) is 107 cm³/mol. The Kier molecular flexibility index (Phi) is 6.62. The zero-order chi connectivity index (χ0) is 20.2. The van der Waals surface area contributed by atoms with E-state index in [0.29, 0.717) is 5.75 Å². The minimum atomic E-state index is -3.67. The molecule has 0 spiro atoms. The number of nitrogens with zero attached hydrogens (tertiary/aromatic N) is 1. The molecule has 0 aromatic heterocycles. The van der Waals surface area contributed by atoms with Gasteiger partial charge in [0.25, 0.3) is 0 Å². The smallest absolute Gasteiger partial charge is 0.240 e. The number of ether oxygens (including phenoxy) is 1. The Labute approximate surface area is 161 Å². The molecule has 0 unspecified atom stereocenters. The van der Waals surface area contributed by atoms with Gasteiger partial charge in [0.1, 0.15) is 5.75 Å². The Morgan fingerprint density at radius 2 is 1.78 bits per heavy atom. The molecule has 27 heavy (non-hydrogen) atoms. The molecule has 0 aliphatic rings. The van der Waals surface area contributed by atoms with Gasteiger partial charge in [-0.2, -0.15) is 0 Å². The number of benzene rings is 2. The maximum Gasteiger partial charge on any atom is 0.240 e. The average molecular weight is 391 g/mol. The fraction of sp³-hybridized carbons (Fsp3) is 0.350. The number of anilines is 1. The lowest BCUT2D eigenvalue weighted by molar-refractivity contribution is -0.116. The summed E-state index contributed by atoms with van der Waals surface area (Å²) in [5.74, 6) is 0.495. The van der Waals surface area contributed by atoms with Gasteiger partial charge in [0.15, 0.2) is 0 Å². The summed E-state index contributed by atoms with van der Waals surface area (Å²) < 4.78 is 32.8. The Hall–Kier alpha value is -2.38. The fourth-order valence-corrected chi connectivity index (χ4v) is 3.96. The first-order valence-corrected chi connectivity index (χ1v) is 10.1. The summed E-state index contributed by atoms with van der Waals surface area (Å²) >= 11 is 0. The van der Waals surface area contributed by atoms with Crippen molar-refractivity contribution in [3.05, 3.63) is 53.1 Å². The van der Waals surface area contributed by atoms with Crippen LogP contribution in [0.25, 0.3) is 0 Å². The van der Waals surface area contributed by atoms with Crippen LogP contribution < -0.4 is 14.4 Å². The summed E-state index contributed by atoms with van der Waals surface area (Å²) in [4.78, 5) is 13.8. The summed E-state index contributed by atoms with van der Waals surface area (Å²) in [5.41, 5.74) is 3.53. The van der Waals surface area contributed by atoms with E-state index in [1.165, 1.54) is 13.0 Å². The summed E-state index contributed by atoms with van der Waals surface area (Å²) in [6.07, 6.45) is 0.